The van der Waals surface area contributed by atoms with Gasteiger partial charge in [-0.15, -0.1) is 0 Å². The van der Waals surface area contributed by atoms with Gasteiger partial charge in [-0.3, -0.25) is 0 Å². The van der Waals surface area contributed by atoms with Crippen molar-refractivity contribution in [2.24, 2.45) is 11.3 Å². The number of hydrogen-bond acceptors (Lipinski definition) is 1. The first kappa shape index (κ1) is 8.04. The molecule has 4 atom stereocenters. The maximum absolute atomic E-state index is 2.62. The molecule has 3 aliphatic rings. The van der Waals surface area contributed by atoms with E-state index in [0.717, 1.165) is 23.4 Å². The molecule has 12 heavy (non-hydrogen) atoms. The summed E-state index contributed by atoms with van der Waals surface area (Å²) in [7, 11) is 0. The van der Waals surface area contributed by atoms with Crippen LogP contribution in [0.1, 0.15) is 39.0 Å². The average molecular weight is 277 g/mol. The highest BCUT2D eigenvalue weighted by Crippen LogP contribution is 2.69. The van der Waals surface area contributed by atoms with Crippen LogP contribution in [0.25, 0.3) is 0 Å². The first-order valence-electron chi connectivity index (χ1n) is 5.20. The van der Waals surface area contributed by atoms with Crippen LogP contribution < -0.4 is 0 Å². The molecule has 1 heterocycles. The van der Waals surface area contributed by atoms with E-state index in [2.05, 4.69) is 32.9 Å². The molecule has 1 spiro atoms. The second-order valence-corrected chi connectivity index (χ2v) is 6.00. The molecule has 0 bridgehead atoms. The smallest absolute Gasteiger partial charge is 0.0263 e. The van der Waals surface area contributed by atoms with Gasteiger partial charge in [0, 0.05) is 34.9 Å². The highest BCUT2D eigenvalue weighted by Gasteiger charge is 2.68. The fourth-order valence-corrected chi connectivity index (χ4v) is 4.91. The normalized spacial score (nSPS) is 58.0. The standard InChI is InChI=1S/C10H16IN/c1-7-8-4-2-3-5-10(8)6-9(10)12(7)11/h7-9H,2-6H2,1H3. The number of nitrogens with zero attached hydrogens (tertiary/aromatic N) is 1. The van der Waals surface area contributed by atoms with Gasteiger partial charge < -0.3 is 0 Å². The van der Waals surface area contributed by atoms with Crippen molar-refractivity contribution < 1.29 is 0 Å². The Morgan fingerprint density at radius 2 is 2.25 bits per heavy atom. The van der Waals surface area contributed by atoms with Gasteiger partial charge in [0.05, 0.1) is 0 Å². The second kappa shape index (κ2) is 2.38. The fourth-order valence-electron chi connectivity index (χ4n) is 3.77. The third-order valence-corrected chi connectivity index (χ3v) is 6.04. The van der Waals surface area contributed by atoms with Gasteiger partial charge in [-0.05, 0) is 37.5 Å². The van der Waals surface area contributed by atoms with Crippen molar-refractivity contribution in [3.8, 4) is 0 Å². The lowest BCUT2D eigenvalue weighted by Gasteiger charge is -2.31. The van der Waals surface area contributed by atoms with E-state index in [9.17, 15) is 0 Å². The lowest BCUT2D eigenvalue weighted by molar-refractivity contribution is 0.207. The monoisotopic (exact) mass is 277 g/mol. The van der Waals surface area contributed by atoms with Crippen molar-refractivity contribution in [1.82, 2.24) is 3.11 Å². The molecule has 1 nitrogen and oxygen atoms in total. The lowest BCUT2D eigenvalue weighted by Crippen LogP contribution is -2.29. The summed E-state index contributed by atoms with van der Waals surface area (Å²) >= 11 is 2.56. The molecule has 0 N–H and O–H groups in total. The molecule has 2 aliphatic carbocycles. The quantitative estimate of drug-likeness (QED) is 0.486. The topological polar surface area (TPSA) is 3.24 Å². The second-order valence-electron chi connectivity index (χ2n) is 4.89. The Morgan fingerprint density at radius 1 is 1.42 bits per heavy atom. The molecule has 0 aromatic heterocycles. The molecule has 1 aliphatic heterocycles. The third kappa shape index (κ3) is 0.788. The van der Waals surface area contributed by atoms with Crippen LogP contribution in [0, 0.1) is 11.3 Å². The zero-order chi connectivity index (χ0) is 8.34. The van der Waals surface area contributed by atoms with Gasteiger partial charge >= 0.3 is 0 Å². The van der Waals surface area contributed by atoms with Crippen molar-refractivity contribution in [2.45, 2.75) is 51.1 Å². The van der Waals surface area contributed by atoms with E-state index in [4.69, 9.17) is 0 Å². The molecule has 3 rings (SSSR count). The first-order chi connectivity index (χ1) is 5.76. The maximum Gasteiger partial charge on any atom is 0.0263 e. The number of halogens is 1. The zero-order valence-electron chi connectivity index (χ0n) is 7.59. The summed E-state index contributed by atoms with van der Waals surface area (Å²) < 4.78 is 2.62. The molecule has 4 unspecified atom stereocenters. The van der Waals surface area contributed by atoms with Gasteiger partial charge in [-0.25, -0.2) is 3.11 Å². The number of piperidine rings is 1. The molecular formula is C10H16IN. The Kier molecular flexibility index (Phi) is 1.59. The molecule has 0 aromatic rings. The highest BCUT2D eigenvalue weighted by atomic mass is 127. The summed E-state index contributed by atoms with van der Waals surface area (Å²) in [5, 5.41) is 0. The predicted molar refractivity (Wildman–Crippen MR) is 58.1 cm³/mol. The minimum atomic E-state index is 0.818. The Labute approximate surface area is 88.4 Å². The van der Waals surface area contributed by atoms with E-state index in [0.29, 0.717) is 0 Å². The zero-order valence-corrected chi connectivity index (χ0v) is 9.75. The van der Waals surface area contributed by atoms with Crippen LogP contribution in [0.15, 0.2) is 0 Å². The first-order valence-corrected chi connectivity index (χ1v) is 6.16. The summed E-state index contributed by atoms with van der Waals surface area (Å²) in [4.78, 5) is 0. The van der Waals surface area contributed by atoms with E-state index in [-0.39, 0.29) is 0 Å². The molecule has 2 saturated carbocycles. The van der Waals surface area contributed by atoms with E-state index >= 15 is 0 Å². The van der Waals surface area contributed by atoms with Crippen molar-refractivity contribution in [2.75, 3.05) is 0 Å². The highest BCUT2D eigenvalue weighted by molar-refractivity contribution is 14.1. The molecule has 3 fully saturated rings. The molecular weight excluding hydrogens is 261 g/mol. The van der Waals surface area contributed by atoms with Crippen molar-refractivity contribution in [3.05, 3.63) is 0 Å². The van der Waals surface area contributed by atoms with Crippen LogP contribution >= 0.6 is 22.9 Å². The Balaban J connectivity index is 1.92. The lowest BCUT2D eigenvalue weighted by atomic mass is 9.75. The Morgan fingerprint density at radius 3 is 3.00 bits per heavy atom. The summed E-state index contributed by atoms with van der Waals surface area (Å²) in [6.45, 7) is 2.43. The van der Waals surface area contributed by atoms with Crippen LogP contribution in [0.4, 0.5) is 0 Å². The van der Waals surface area contributed by atoms with Crippen LogP contribution in [0.3, 0.4) is 0 Å². The van der Waals surface area contributed by atoms with Gasteiger partial charge in [0.2, 0.25) is 0 Å². The largest absolute Gasteiger partial charge is 0.241 e. The van der Waals surface area contributed by atoms with Crippen molar-refractivity contribution >= 4 is 22.9 Å². The molecule has 68 valence electrons. The van der Waals surface area contributed by atoms with Gasteiger partial charge in [0.25, 0.3) is 0 Å². The Bertz CT molecular complexity index is 216. The molecule has 0 radical (unpaired) electrons. The van der Waals surface area contributed by atoms with Gasteiger partial charge in [-0.1, -0.05) is 12.8 Å². The minimum Gasteiger partial charge on any atom is -0.241 e. The molecule has 0 aromatic carbocycles. The number of rotatable bonds is 0. The summed E-state index contributed by atoms with van der Waals surface area (Å²) in [5.74, 6) is 1.05. The van der Waals surface area contributed by atoms with Crippen molar-refractivity contribution in [1.29, 1.82) is 0 Å². The fraction of sp³-hybridized carbons (Fsp3) is 1.00. The van der Waals surface area contributed by atoms with E-state index in [1.807, 2.05) is 0 Å². The van der Waals surface area contributed by atoms with Gasteiger partial charge in [-0.2, -0.15) is 0 Å². The van der Waals surface area contributed by atoms with Crippen LogP contribution in [-0.4, -0.2) is 15.2 Å². The van der Waals surface area contributed by atoms with Crippen molar-refractivity contribution in [3.63, 3.8) is 0 Å². The van der Waals surface area contributed by atoms with Crippen LogP contribution in [0.2, 0.25) is 0 Å². The summed E-state index contributed by atoms with van der Waals surface area (Å²) in [6.07, 6.45) is 7.56. The number of hydrogen-bond donors (Lipinski definition) is 0. The van der Waals surface area contributed by atoms with Gasteiger partial charge in [0.15, 0.2) is 0 Å². The van der Waals surface area contributed by atoms with Crippen LogP contribution in [-0.2, 0) is 0 Å². The average Bonchev–Trinajstić information content (AvgIpc) is 2.74. The summed E-state index contributed by atoms with van der Waals surface area (Å²) in [5.41, 5.74) is 0.818. The Hall–Kier alpha value is 0.690. The van der Waals surface area contributed by atoms with E-state index in [1.54, 1.807) is 0 Å². The predicted octanol–water partition coefficient (Wildman–Crippen LogP) is 2.99. The molecule has 0 amide bonds. The van der Waals surface area contributed by atoms with E-state index < -0.39 is 0 Å². The van der Waals surface area contributed by atoms with E-state index in [1.165, 1.54) is 32.1 Å². The maximum atomic E-state index is 2.62. The molecule has 1 saturated heterocycles. The van der Waals surface area contributed by atoms with Crippen LogP contribution in [0.5, 0.6) is 0 Å². The third-order valence-electron chi connectivity index (χ3n) is 4.49. The minimum absolute atomic E-state index is 0.818. The SMILES string of the molecule is CC1C2CCCCC23CC3N1I. The van der Waals surface area contributed by atoms with Gasteiger partial charge in [0.1, 0.15) is 0 Å². The molecule has 2 heteroatoms. The summed E-state index contributed by atoms with van der Waals surface area (Å²) in [6, 6.07) is 1.84.